The Hall–Kier alpha value is -1.18. The van der Waals surface area contributed by atoms with E-state index in [1.54, 1.807) is 6.92 Å². The van der Waals surface area contributed by atoms with Crippen LogP contribution in [0.1, 0.15) is 46.0 Å². The van der Waals surface area contributed by atoms with Crippen LogP contribution in [-0.2, 0) is 9.59 Å². The Bertz CT molecular complexity index is 474. The van der Waals surface area contributed by atoms with Gasteiger partial charge in [-0.25, -0.2) is 0 Å². The molecule has 0 radical (unpaired) electrons. The molecule has 7 heteroatoms. The van der Waals surface area contributed by atoms with Gasteiger partial charge in [0.1, 0.15) is 0 Å². The molecule has 3 aliphatic heterocycles. The Balaban J connectivity index is 1.58. The molecule has 0 aromatic rings. The van der Waals surface area contributed by atoms with Gasteiger partial charge in [0.05, 0.1) is 12.3 Å². The van der Waals surface area contributed by atoms with Gasteiger partial charge in [-0.15, -0.1) is 0 Å². The number of carbonyl (C=O) groups excluding carboxylic acids is 2. The summed E-state index contributed by atoms with van der Waals surface area (Å²) in [5.41, 5.74) is 0. The van der Waals surface area contributed by atoms with Crippen LogP contribution in [0.3, 0.4) is 0 Å². The molecular formula is C18H33N5O2. The van der Waals surface area contributed by atoms with E-state index >= 15 is 0 Å². The molecule has 0 bridgehead atoms. The molecule has 3 N–H and O–H groups in total. The highest BCUT2D eigenvalue weighted by molar-refractivity contribution is 5.78. The number of hydrogen-bond acceptors (Lipinski definition) is 5. The molecule has 0 saturated carbocycles. The molecule has 0 aromatic heterocycles. The summed E-state index contributed by atoms with van der Waals surface area (Å²) in [7, 11) is 0. The predicted molar refractivity (Wildman–Crippen MR) is 96.7 cm³/mol. The number of likely N-dealkylation sites (tertiary alicyclic amines) is 2. The summed E-state index contributed by atoms with van der Waals surface area (Å²) in [6, 6.07) is 0.330. The van der Waals surface area contributed by atoms with Gasteiger partial charge in [0.15, 0.2) is 0 Å². The smallest absolute Gasteiger partial charge is 0.223 e. The van der Waals surface area contributed by atoms with Crippen molar-refractivity contribution in [3.63, 3.8) is 0 Å². The van der Waals surface area contributed by atoms with Crippen molar-refractivity contribution in [1.82, 2.24) is 25.8 Å². The second-order valence-electron chi connectivity index (χ2n) is 7.68. The molecular weight excluding hydrogens is 318 g/mol. The van der Waals surface area contributed by atoms with Crippen LogP contribution >= 0.6 is 0 Å². The van der Waals surface area contributed by atoms with Crippen LogP contribution in [-0.4, -0.2) is 72.7 Å². The van der Waals surface area contributed by atoms with E-state index in [-0.39, 0.29) is 30.1 Å². The first-order valence-corrected chi connectivity index (χ1v) is 9.86. The third-order valence-corrected chi connectivity index (χ3v) is 5.74. The van der Waals surface area contributed by atoms with E-state index in [0.29, 0.717) is 12.6 Å². The average molecular weight is 351 g/mol. The van der Waals surface area contributed by atoms with Crippen LogP contribution < -0.4 is 16.0 Å². The fraction of sp³-hybridized carbons (Fsp3) is 0.889. The summed E-state index contributed by atoms with van der Waals surface area (Å²) in [5, 5.41) is 10.3. The topological polar surface area (TPSA) is 76.7 Å². The van der Waals surface area contributed by atoms with E-state index in [0.717, 1.165) is 39.0 Å². The molecule has 3 aliphatic rings. The molecule has 3 fully saturated rings. The predicted octanol–water partition coefficient (Wildman–Crippen LogP) is 0.0805. The van der Waals surface area contributed by atoms with Crippen LogP contribution in [0.2, 0.25) is 0 Å². The van der Waals surface area contributed by atoms with Gasteiger partial charge >= 0.3 is 0 Å². The second-order valence-corrected chi connectivity index (χ2v) is 7.68. The minimum Gasteiger partial charge on any atom is -0.356 e. The van der Waals surface area contributed by atoms with Gasteiger partial charge in [0.2, 0.25) is 11.8 Å². The van der Waals surface area contributed by atoms with Gasteiger partial charge in [0.25, 0.3) is 0 Å². The first kappa shape index (κ1) is 18.6. The highest BCUT2D eigenvalue weighted by Crippen LogP contribution is 2.25. The van der Waals surface area contributed by atoms with E-state index in [9.17, 15) is 9.59 Å². The van der Waals surface area contributed by atoms with Crippen molar-refractivity contribution < 1.29 is 9.59 Å². The van der Waals surface area contributed by atoms with Gasteiger partial charge < -0.3 is 10.2 Å². The number of rotatable bonds is 5. The lowest BCUT2D eigenvalue weighted by Gasteiger charge is -2.46. The molecule has 3 atom stereocenters. The molecule has 142 valence electrons. The van der Waals surface area contributed by atoms with Crippen LogP contribution in [0.4, 0.5) is 0 Å². The monoisotopic (exact) mass is 351 g/mol. The number of hydrogen-bond donors (Lipinski definition) is 3. The van der Waals surface area contributed by atoms with Crippen molar-refractivity contribution in [2.24, 2.45) is 5.92 Å². The number of amides is 2. The molecule has 0 spiro atoms. The summed E-state index contributed by atoms with van der Waals surface area (Å²) >= 11 is 0. The van der Waals surface area contributed by atoms with E-state index in [2.05, 4.69) is 20.9 Å². The van der Waals surface area contributed by atoms with E-state index in [1.165, 1.54) is 19.3 Å². The first-order valence-electron chi connectivity index (χ1n) is 9.86. The van der Waals surface area contributed by atoms with E-state index in [1.807, 2.05) is 11.8 Å². The molecule has 0 aliphatic carbocycles. The zero-order chi connectivity index (χ0) is 17.8. The number of piperidine rings is 2. The van der Waals surface area contributed by atoms with Gasteiger partial charge in [-0.3, -0.25) is 25.1 Å². The second kappa shape index (κ2) is 8.47. The van der Waals surface area contributed by atoms with Crippen molar-refractivity contribution >= 4 is 11.8 Å². The van der Waals surface area contributed by atoms with Gasteiger partial charge in [0, 0.05) is 38.5 Å². The summed E-state index contributed by atoms with van der Waals surface area (Å²) < 4.78 is 0. The zero-order valence-corrected chi connectivity index (χ0v) is 15.6. The van der Waals surface area contributed by atoms with Crippen molar-refractivity contribution in [3.8, 4) is 0 Å². The summed E-state index contributed by atoms with van der Waals surface area (Å²) in [6.07, 6.45) is 5.90. The molecule has 2 amide bonds. The Morgan fingerprint density at radius 2 is 1.84 bits per heavy atom. The molecule has 3 unspecified atom stereocenters. The van der Waals surface area contributed by atoms with Crippen LogP contribution in [0, 0.1) is 5.92 Å². The summed E-state index contributed by atoms with van der Waals surface area (Å²) in [6.45, 7) is 8.06. The van der Waals surface area contributed by atoms with Gasteiger partial charge in [-0.2, -0.15) is 0 Å². The Morgan fingerprint density at radius 1 is 1.12 bits per heavy atom. The fourth-order valence-corrected chi connectivity index (χ4v) is 4.28. The van der Waals surface area contributed by atoms with E-state index < -0.39 is 0 Å². The molecule has 3 rings (SSSR count). The highest BCUT2D eigenvalue weighted by atomic mass is 16.2. The minimum atomic E-state index is 0.0506. The highest BCUT2D eigenvalue weighted by Gasteiger charge is 2.38. The maximum absolute atomic E-state index is 12.4. The van der Waals surface area contributed by atoms with Crippen molar-refractivity contribution in [3.05, 3.63) is 0 Å². The lowest BCUT2D eigenvalue weighted by molar-refractivity contribution is -0.133. The SMILES string of the molecule is CCNC(=O)C1CC(NC2CN(C(C)=O)C2)NC(N2CCCCC2)C1. The Labute approximate surface area is 150 Å². The normalized spacial score (nSPS) is 31.4. The molecule has 3 heterocycles. The summed E-state index contributed by atoms with van der Waals surface area (Å²) in [4.78, 5) is 28.2. The molecule has 25 heavy (non-hydrogen) atoms. The average Bonchev–Trinajstić information content (AvgIpc) is 2.58. The number of carbonyl (C=O) groups is 2. The first-order chi connectivity index (χ1) is 12.1. The number of nitrogens with zero attached hydrogens (tertiary/aromatic N) is 2. The van der Waals surface area contributed by atoms with Crippen LogP contribution in [0.5, 0.6) is 0 Å². The third-order valence-electron chi connectivity index (χ3n) is 5.74. The van der Waals surface area contributed by atoms with E-state index in [4.69, 9.17) is 0 Å². The molecule has 7 nitrogen and oxygen atoms in total. The lowest BCUT2D eigenvalue weighted by Crippen LogP contribution is -2.67. The largest absolute Gasteiger partial charge is 0.356 e. The fourth-order valence-electron chi connectivity index (χ4n) is 4.28. The Kier molecular flexibility index (Phi) is 6.30. The Morgan fingerprint density at radius 3 is 2.48 bits per heavy atom. The molecule has 0 aromatic carbocycles. The molecule has 3 saturated heterocycles. The van der Waals surface area contributed by atoms with Crippen molar-refractivity contribution in [1.29, 1.82) is 0 Å². The van der Waals surface area contributed by atoms with Crippen LogP contribution in [0.15, 0.2) is 0 Å². The zero-order valence-electron chi connectivity index (χ0n) is 15.6. The van der Waals surface area contributed by atoms with Crippen molar-refractivity contribution in [2.45, 2.75) is 64.3 Å². The maximum Gasteiger partial charge on any atom is 0.223 e. The summed E-state index contributed by atoms with van der Waals surface area (Å²) in [5.74, 6) is 0.368. The quantitative estimate of drug-likeness (QED) is 0.654. The number of nitrogens with one attached hydrogen (secondary N) is 3. The van der Waals surface area contributed by atoms with Crippen molar-refractivity contribution in [2.75, 3.05) is 32.7 Å². The van der Waals surface area contributed by atoms with Gasteiger partial charge in [-0.1, -0.05) is 6.42 Å². The minimum absolute atomic E-state index is 0.0506. The lowest BCUT2D eigenvalue weighted by atomic mass is 9.90. The standard InChI is InChI=1S/C18H33N5O2/c1-3-19-18(25)14-9-16(20-15-11-23(12-15)13(2)24)21-17(10-14)22-7-5-4-6-8-22/h14-17,20-21H,3-12H2,1-2H3,(H,19,25). The van der Waals surface area contributed by atoms with Crippen LogP contribution in [0.25, 0.3) is 0 Å². The maximum atomic E-state index is 12.4. The van der Waals surface area contributed by atoms with Gasteiger partial charge in [-0.05, 0) is 45.7 Å². The third kappa shape index (κ3) is 4.71.